The largest absolute Gasteiger partial charge is 0.489 e. The first-order valence-corrected chi connectivity index (χ1v) is 10.7. The maximum absolute atomic E-state index is 11.1. The number of hydrogen-bond donors (Lipinski definition) is 2. The molecular formula is C23H24ClN3O4. The van der Waals surface area contributed by atoms with E-state index in [1.165, 1.54) is 0 Å². The Morgan fingerprint density at radius 3 is 2.58 bits per heavy atom. The second kappa shape index (κ2) is 8.98. The predicted octanol–water partition coefficient (Wildman–Crippen LogP) is 5.51. The van der Waals surface area contributed by atoms with E-state index in [0.717, 1.165) is 17.7 Å². The van der Waals surface area contributed by atoms with Gasteiger partial charge in [0, 0.05) is 22.9 Å². The molecule has 2 aromatic carbocycles. The first-order chi connectivity index (χ1) is 14.9. The van der Waals surface area contributed by atoms with Gasteiger partial charge in [0.1, 0.15) is 5.75 Å². The number of hydrogen-bond acceptors (Lipinski definition) is 6. The van der Waals surface area contributed by atoms with Gasteiger partial charge in [-0.1, -0.05) is 16.8 Å². The number of carboxylic acid groups (broad SMARTS) is 1. The molecule has 1 unspecified atom stereocenters. The molecule has 1 aliphatic carbocycles. The van der Waals surface area contributed by atoms with Crippen LogP contribution in [0.2, 0.25) is 5.02 Å². The van der Waals surface area contributed by atoms with Crippen LogP contribution in [-0.2, 0) is 4.79 Å². The normalized spacial score (nSPS) is 18.3. The lowest BCUT2D eigenvalue weighted by Crippen LogP contribution is -2.17. The van der Waals surface area contributed by atoms with E-state index in [2.05, 4.69) is 15.5 Å². The molecule has 0 aliphatic heterocycles. The van der Waals surface area contributed by atoms with Crippen molar-refractivity contribution in [1.29, 1.82) is 0 Å². The second-order valence-electron chi connectivity index (χ2n) is 8.00. The Morgan fingerprint density at radius 1 is 1.19 bits per heavy atom. The molecule has 1 aliphatic rings. The van der Waals surface area contributed by atoms with Crippen LogP contribution < -0.4 is 10.1 Å². The zero-order valence-corrected chi connectivity index (χ0v) is 18.1. The molecule has 31 heavy (non-hydrogen) atoms. The van der Waals surface area contributed by atoms with Crippen LogP contribution >= 0.6 is 11.6 Å². The third-order valence-corrected chi connectivity index (χ3v) is 5.56. The molecule has 0 spiro atoms. The molecule has 0 saturated heterocycles. The maximum atomic E-state index is 11.1. The van der Waals surface area contributed by atoms with Gasteiger partial charge >= 0.3 is 5.97 Å². The van der Waals surface area contributed by atoms with Gasteiger partial charge in [-0.05, 0) is 75.6 Å². The molecule has 0 radical (unpaired) electrons. The summed E-state index contributed by atoms with van der Waals surface area (Å²) < 4.78 is 11.1. The zero-order valence-electron chi connectivity index (χ0n) is 17.3. The van der Waals surface area contributed by atoms with Gasteiger partial charge in [-0.25, -0.2) is 0 Å². The molecule has 1 fully saturated rings. The molecule has 2 N–H and O–H groups in total. The summed E-state index contributed by atoms with van der Waals surface area (Å²) in [6.07, 6.45) is 2.25. The van der Waals surface area contributed by atoms with Crippen molar-refractivity contribution >= 4 is 23.3 Å². The molecule has 0 amide bonds. The van der Waals surface area contributed by atoms with Crippen molar-refractivity contribution in [3.8, 4) is 28.6 Å². The lowest BCUT2D eigenvalue weighted by molar-refractivity contribution is -0.141. The molecular weight excluding hydrogens is 418 g/mol. The monoisotopic (exact) mass is 441 g/mol. The molecule has 2 atom stereocenters. The lowest BCUT2D eigenvalue weighted by Gasteiger charge is -2.14. The minimum absolute atomic E-state index is 0.0306. The third-order valence-electron chi connectivity index (χ3n) is 5.26. The molecule has 4 rings (SSSR count). The molecule has 0 bridgehead atoms. The van der Waals surface area contributed by atoms with E-state index < -0.39 is 5.97 Å². The maximum Gasteiger partial charge on any atom is 0.306 e. The Balaban J connectivity index is 1.43. The van der Waals surface area contributed by atoms with Gasteiger partial charge in [0.15, 0.2) is 0 Å². The molecule has 7 nitrogen and oxygen atoms in total. The van der Waals surface area contributed by atoms with Gasteiger partial charge < -0.3 is 19.7 Å². The van der Waals surface area contributed by atoms with Gasteiger partial charge in [-0.15, -0.1) is 0 Å². The van der Waals surface area contributed by atoms with Gasteiger partial charge in [0.2, 0.25) is 5.82 Å². The third kappa shape index (κ3) is 4.99. The van der Waals surface area contributed by atoms with Crippen LogP contribution in [0.1, 0.15) is 33.1 Å². The summed E-state index contributed by atoms with van der Waals surface area (Å²) in [5.41, 5.74) is 2.48. The highest BCUT2D eigenvalue weighted by molar-refractivity contribution is 6.32. The zero-order chi connectivity index (χ0) is 22.0. The minimum Gasteiger partial charge on any atom is -0.489 e. The van der Waals surface area contributed by atoms with Crippen LogP contribution in [0, 0.1) is 5.92 Å². The van der Waals surface area contributed by atoms with Crippen molar-refractivity contribution in [3.05, 3.63) is 47.5 Å². The van der Waals surface area contributed by atoms with Crippen LogP contribution in [0.3, 0.4) is 0 Å². The predicted molar refractivity (Wildman–Crippen MR) is 118 cm³/mol. The highest BCUT2D eigenvalue weighted by Gasteiger charge is 2.29. The first kappa shape index (κ1) is 21.2. The number of nitrogens with zero attached hydrogens (tertiary/aromatic N) is 2. The summed E-state index contributed by atoms with van der Waals surface area (Å²) in [7, 11) is 0. The minimum atomic E-state index is -0.712. The summed E-state index contributed by atoms with van der Waals surface area (Å²) in [5.74, 6) is 0.498. The number of carboxylic acids is 1. The number of aromatic nitrogens is 2. The number of aliphatic carboxylic acids is 1. The Bertz CT molecular complexity index is 1060. The van der Waals surface area contributed by atoms with Gasteiger partial charge in [0.05, 0.1) is 17.0 Å². The van der Waals surface area contributed by atoms with Crippen LogP contribution in [-0.4, -0.2) is 33.4 Å². The van der Waals surface area contributed by atoms with Crippen LogP contribution in [0.15, 0.2) is 47.0 Å². The highest BCUT2D eigenvalue weighted by atomic mass is 35.5. The summed E-state index contributed by atoms with van der Waals surface area (Å²) in [6.45, 7) is 3.88. The number of rotatable bonds is 7. The average molecular weight is 442 g/mol. The van der Waals surface area contributed by atoms with Crippen LogP contribution in [0.4, 0.5) is 5.69 Å². The fourth-order valence-electron chi connectivity index (χ4n) is 3.73. The fraction of sp³-hybridized carbons (Fsp3) is 0.348. The summed E-state index contributed by atoms with van der Waals surface area (Å²) in [4.78, 5) is 15.6. The molecule has 1 heterocycles. The van der Waals surface area contributed by atoms with E-state index in [0.29, 0.717) is 40.9 Å². The van der Waals surface area contributed by atoms with E-state index >= 15 is 0 Å². The van der Waals surface area contributed by atoms with E-state index in [4.69, 9.17) is 26.0 Å². The average Bonchev–Trinajstić information content (AvgIpc) is 3.40. The molecule has 162 valence electrons. The lowest BCUT2D eigenvalue weighted by atomic mass is 10.1. The van der Waals surface area contributed by atoms with E-state index in [-0.39, 0.29) is 18.1 Å². The standard InChI is InChI=1S/C23H24ClN3O4/c1-13(2)30-20-10-6-15(12-19(20)24)22-26-21(27-31-22)14-3-7-17(8-4-14)25-18-9-5-16(11-18)23(28)29/h3-4,6-8,10,12-13,16,18,25H,5,9,11H2,1-2H3,(H,28,29)/t16-,18?/m1/s1. The van der Waals surface area contributed by atoms with Crippen molar-refractivity contribution in [3.63, 3.8) is 0 Å². The number of benzene rings is 2. The van der Waals surface area contributed by atoms with Crippen molar-refractivity contribution in [2.75, 3.05) is 5.32 Å². The smallest absolute Gasteiger partial charge is 0.306 e. The van der Waals surface area contributed by atoms with Crippen molar-refractivity contribution in [1.82, 2.24) is 10.1 Å². The Kier molecular flexibility index (Phi) is 6.13. The number of ether oxygens (including phenoxy) is 1. The van der Waals surface area contributed by atoms with Crippen LogP contribution in [0.5, 0.6) is 5.75 Å². The Morgan fingerprint density at radius 2 is 1.94 bits per heavy atom. The highest BCUT2D eigenvalue weighted by Crippen LogP contribution is 2.32. The van der Waals surface area contributed by atoms with E-state index in [1.54, 1.807) is 12.1 Å². The number of carbonyl (C=O) groups is 1. The summed E-state index contributed by atoms with van der Waals surface area (Å²) in [6, 6.07) is 13.2. The summed E-state index contributed by atoms with van der Waals surface area (Å²) >= 11 is 6.31. The van der Waals surface area contributed by atoms with Crippen molar-refractivity contribution in [2.45, 2.75) is 45.3 Å². The van der Waals surface area contributed by atoms with Gasteiger partial charge in [-0.3, -0.25) is 4.79 Å². The van der Waals surface area contributed by atoms with Crippen molar-refractivity contribution < 1.29 is 19.2 Å². The molecule has 3 aromatic rings. The van der Waals surface area contributed by atoms with Crippen LogP contribution in [0.25, 0.3) is 22.8 Å². The molecule has 1 aromatic heterocycles. The molecule has 8 heteroatoms. The number of nitrogens with one attached hydrogen (secondary N) is 1. The quantitative estimate of drug-likeness (QED) is 0.498. The fourth-order valence-corrected chi connectivity index (χ4v) is 3.95. The van der Waals surface area contributed by atoms with Crippen molar-refractivity contribution in [2.24, 2.45) is 5.92 Å². The molecule has 1 saturated carbocycles. The van der Waals surface area contributed by atoms with Gasteiger partial charge in [0.25, 0.3) is 5.89 Å². The first-order valence-electron chi connectivity index (χ1n) is 10.3. The second-order valence-corrected chi connectivity index (χ2v) is 8.41. The summed E-state index contributed by atoms with van der Waals surface area (Å²) in [5, 5.41) is 17.1. The Labute approximate surface area is 185 Å². The van der Waals surface area contributed by atoms with Gasteiger partial charge in [-0.2, -0.15) is 4.98 Å². The number of anilines is 1. The van der Waals surface area contributed by atoms with E-state index in [9.17, 15) is 4.79 Å². The topological polar surface area (TPSA) is 97.5 Å². The number of halogens is 1. The van der Waals surface area contributed by atoms with E-state index in [1.807, 2.05) is 44.2 Å². The Hall–Kier alpha value is -3.06. The SMILES string of the molecule is CC(C)Oc1ccc(-c2nc(-c3ccc(NC4CC[C@@H](C(=O)O)C4)cc3)no2)cc1Cl.